The molecule has 1 aliphatic heterocycles. The van der Waals surface area contributed by atoms with Crippen molar-refractivity contribution >= 4 is 11.9 Å². The molecule has 1 aromatic carbocycles. The Labute approximate surface area is 167 Å². The van der Waals surface area contributed by atoms with E-state index in [1.54, 1.807) is 48.7 Å². The monoisotopic (exact) mass is 392 g/mol. The van der Waals surface area contributed by atoms with Crippen LogP contribution in [-0.2, 0) is 23.8 Å². The second-order valence-corrected chi connectivity index (χ2v) is 9.09. The molecule has 1 saturated heterocycles. The van der Waals surface area contributed by atoms with Crippen molar-refractivity contribution in [2.45, 2.75) is 58.7 Å². The Morgan fingerprint density at radius 3 is 2.00 bits per heavy atom. The van der Waals surface area contributed by atoms with Crippen molar-refractivity contribution in [1.29, 1.82) is 0 Å². The predicted molar refractivity (Wildman–Crippen MR) is 105 cm³/mol. The molecule has 1 aromatic rings. The maximum Gasteiger partial charge on any atom is 0.321 e. The lowest BCUT2D eigenvalue weighted by Crippen LogP contribution is -2.42. The topological polar surface area (TPSA) is 71.1 Å². The molecule has 0 radical (unpaired) electrons. The molecule has 0 aromatic heterocycles. The zero-order valence-electron chi connectivity index (χ0n) is 17.9. The average molecular weight is 392 g/mol. The maximum absolute atomic E-state index is 13.0. The molecular weight excluding hydrogens is 360 g/mol. The van der Waals surface area contributed by atoms with Crippen LogP contribution in [-0.4, -0.2) is 43.5 Å². The van der Waals surface area contributed by atoms with E-state index in [4.69, 9.17) is 18.9 Å². The van der Waals surface area contributed by atoms with E-state index in [2.05, 4.69) is 0 Å². The number of hydrogen-bond acceptors (Lipinski definition) is 6. The van der Waals surface area contributed by atoms with Crippen molar-refractivity contribution in [3.05, 3.63) is 29.8 Å². The van der Waals surface area contributed by atoms with Crippen LogP contribution in [0.2, 0.25) is 0 Å². The Bertz CT molecular complexity index is 670. The van der Waals surface area contributed by atoms with Crippen molar-refractivity contribution in [2.24, 2.45) is 11.8 Å². The molecule has 28 heavy (non-hydrogen) atoms. The second-order valence-electron chi connectivity index (χ2n) is 9.09. The summed E-state index contributed by atoms with van der Waals surface area (Å²) in [6.45, 7) is 11.3. The summed E-state index contributed by atoms with van der Waals surface area (Å²) in [7, 11) is 1.60. The highest BCUT2D eigenvalue weighted by Crippen LogP contribution is 2.41. The number of carbonyl (C=O) groups is 2. The van der Waals surface area contributed by atoms with Crippen molar-refractivity contribution in [3.63, 3.8) is 0 Å². The molecule has 0 N–H and O–H groups in total. The fourth-order valence-corrected chi connectivity index (χ4v) is 3.37. The third-order valence-electron chi connectivity index (χ3n) is 4.41. The quantitative estimate of drug-likeness (QED) is 0.562. The van der Waals surface area contributed by atoms with Gasteiger partial charge in [0.2, 0.25) is 0 Å². The van der Waals surface area contributed by atoms with Gasteiger partial charge in [0.05, 0.1) is 20.3 Å². The first-order valence-electron chi connectivity index (χ1n) is 9.59. The Morgan fingerprint density at radius 2 is 1.50 bits per heavy atom. The minimum atomic E-state index is -1.07. The second kappa shape index (κ2) is 8.52. The third kappa shape index (κ3) is 5.71. The molecule has 1 fully saturated rings. The summed E-state index contributed by atoms with van der Waals surface area (Å²) in [6, 6.07) is 7.59. The average Bonchev–Trinajstić information content (AvgIpc) is 3.00. The molecule has 0 saturated carbocycles. The molecule has 6 nitrogen and oxygen atoms in total. The van der Waals surface area contributed by atoms with E-state index < -0.39 is 35.0 Å². The number of para-hydroxylation sites is 1. The lowest BCUT2D eigenvalue weighted by molar-refractivity contribution is -0.177. The predicted octanol–water partition coefficient (Wildman–Crippen LogP) is 3.72. The van der Waals surface area contributed by atoms with Crippen molar-refractivity contribution < 1.29 is 28.5 Å². The summed E-state index contributed by atoms with van der Waals surface area (Å²) in [5.41, 5.74) is -0.516. The molecular formula is C22H32O6. The highest BCUT2D eigenvalue weighted by atomic mass is 16.6. The number of esters is 2. The van der Waals surface area contributed by atoms with Gasteiger partial charge in [0.15, 0.2) is 5.92 Å². The van der Waals surface area contributed by atoms with E-state index in [9.17, 15) is 9.59 Å². The van der Waals surface area contributed by atoms with Crippen LogP contribution in [0.15, 0.2) is 24.3 Å². The highest BCUT2D eigenvalue weighted by molar-refractivity contribution is 5.95. The van der Waals surface area contributed by atoms with E-state index in [0.717, 1.165) is 5.56 Å². The van der Waals surface area contributed by atoms with Gasteiger partial charge in [0, 0.05) is 11.8 Å². The van der Waals surface area contributed by atoms with E-state index in [1.165, 1.54) is 0 Å². The summed E-state index contributed by atoms with van der Waals surface area (Å²) in [6.07, 6.45) is 0. The number of rotatable bonds is 5. The number of ether oxygens (including phenoxy) is 4. The molecule has 2 rings (SSSR count). The van der Waals surface area contributed by atoms with E-state index >= 15 is 0 Å². The normalized spacial score (nSPS) is 20.1. The van der Waals surface area contributed by atoms with E-state index in [-0.39, 0.29) is 12.5 Å². The molecule has 0 unspecified atom stereocenters. The summed E-state index contributed by atoms with van der Waals surface area (Å²) >= 11 is 0. The van der Waals surface area contributed by atoms with Crippen molar-refractivity contribution in [1.82, 2.24) is 0 Å². The van der Waals surface area contributed by atoms with Gasteiger partial charge in [-0.05, 0) is 53.2 Å². The van der Waals surface area contributed by atoms with Crippen LogP contribution >= 0.6 is 0 Å². The first-order valence-corrected chi connectivity index (χ1v) is 9.59. The van der Waals surface area contributed by atoms with Gasteiger partial charge in [0.1, 0.15) is 17.0 Å². The third-order valence-corrected chi connectivity index (χ3v) is 4.41. The Balaban J connectivity index is 2.40. The SMILES string of the molecule is COc1ccccc1[C@H]1COC[C@@H]1C(C(=O)OC(C)(C)C)C(=O)OC(C)(C)C. The maximum atomic E-state index is 13.0. The van der Waals surface area contributed by atoms with E-state index in [0.29, 0.717) is 12.4 Å². The number of benzene rings is 1. The summed E-state index contributed by atoms with van der Waals surface area (Å²) in [5, 5.41) is 0. The van der Waals surface area contributed by atoms with Gasteiger partial charge in [-0.25, -0.2) is 0 Å². The molecule has 0 spiro atoms. The van der Waals surface area contributed by atoms with Gasteiger partial charge < -0.3 is 18.9 Å². The number of hydrogen-bond donors (Lipinski definition) is 0. The van der Waals surface area contributed by atoms with Crippen LogP contribution in [0, 0.1) is 11.8 Å². The van der Waals surface area contributed by atoms with Crippen LogP contribution in [0.25, 0.3) is 0 Å². The smallest absolute Gasteiger partial charge is 0.321 e. The van der Waals surface area contributed by atoms with Crippen LogP contribution in [0.4, 0.5) is 0 Å². The summed E-state index contributed by atoms with van der Waals surface area (Å²) in [4.78, 5) is 26.0. The van der Waals surface area contributed by atoms with Crippen LogP contribution in [0.3, 0.4) is 0 Å². The first-order chi connectivity index (χ1) is 12.9. The zero-order valence-corrected chi connectivity index (χ0v) is 17.9. The van der Waals surface area contributed by atoms with Crippen LogP contribution < -0.4 is 4.74 Å². The van der Waals surface area contributed by atoms with Crippen molar-refractivity contribution in [3.8, 4) is 5.75 Å². The molecule has 0 amide bonds. The molecule has 156 valence electrons. The lowest BCUT2D eigenvalue weighted by atomic mass is 9.79. The molecule has 1 heterocycles. The molecule has 2 atom stereocenters. The van der Waals surface area contributed by atoms with Gasteiger partial charge >= 0.3 is 11.9 Å². The lowest BCUT2D eigenvalue weighted by Gasteiger charge is -2.30. The Morgan fingerprint density at radius 1 is 0.964 bits per heavy atom. The Hall–Kier alpha value is -2.08. The molecule has 6 heteroatoms. The van der Waals surface area contributed by atoms with Gasteiger partial charge in [-0.2, -0.15) is 0 Å². The Kier molecular flexibility index (Phi) is 6.75. The summed E-state index contributed by atoms with van der Waals surface area (Å²) < 4.78 is 22.3. The van der Waals surface area contributed by atoms with Crippen molar-refractivity contribution in [2.75, 3.05) is 20.3 Å². The molecule has 1 aliphatic rings. The van der Waals surface area contributed by atoms with Gasteiger partial charge in [-0.1, -0.05) is 18.2 Å². The highest BCUT2D eigenvalue weighted by Gasteiger charge is 2.47. The zero-order chi connectivity index (χ0) is 21.1. The molecule has 0 aliphatic carbocycles. The summed E-state index contributed by atoms with van der Waals surface area (Å²) in [5.74, 6) is -2.12. The minimum absolute atomic E-state index is 0.179. The minimum Gasteiger partial charge on any atom is -0.496 e. The van der Waals surface area contributed by atoms with Gasteiger partial charge in [-0.3, -0.25) is 9.59 Å². The number of carbonyl (C=O) groups excluding carboxylic acids is 2. The number of methoxy groups -OCH3 is 1. The first kappa shape index (κ1) is 22.2. The largest absolute Gasteiger partial charge is 0.496 e. The standard InChI is InChI=1S/C22H32O6/c1-21(2,3)27-19(23)18(20(24)28-22(4,5)6)16-13-26-12-15(16)14-10-8-9-11-17(14)25-7/h8-11,15-16,18H,12-13H2,1-7H3/t15-,16+/m1/s1. The van der Waals surface area contributed by atoms with Gasteiger partial charge in [-0.15, -0.1) is 0 Å². The van der Waals surface area contributed by atoms with Gasteiger partial charge in [0.25, 0.3) is 0 Å². The molecule has 0 bridgehead atoms. The van der Waals surface area contributed by atoms with Crippen LogP contribution in [0.5, 0.6) is 5.75 Å². The van der Waals surface area contributed by atoms with E-state index in [1.807, 2.05) is 24.3 Å². The fourth-order valence-electron chi connectivity index (χ4n) is 3.37. The fraction of sp³-hybridized carbons (Fsp3) is 0.636. The van der Waals surface area contributed by atoms with Crippen LogP contribution in [0.1, 0.15) is 53.0 Å².